The number of carbonyl (C=O) groups excluding carboxylic acids is 1. The molecule has 1 aromatic carbocycles. The lowest BCUT2D eigenvalue weighted by Gasteiger charge is -2.14. The van der Waals surface area contributed by atoms with Gasteiger partial charge >= 0.3 is 0 Å². The maximum Gasteiger partial charge on any atom is 0.260 e. The van der Waals surface area contributed by atoms with E-state index in [1.165, 1.54) is 0 Å². The fourth-order valence-corrected chi connectivity index (χ4v) is 2.49. The Hall–Kier alpha value is -2.69. The molecule has 5 heteroatoms. The summed E-state index contributed by atoms with van der Waals surface area (Å²) in [5.74, 6) is 1.08. The van der Waals surface area contributed by atoms with Crippen molar-refractivity contribution in [1.29, 1.82) is 0 Å². The summed E-state index contributed by atoms with van der Waals surface area (Å²) in [4.78, 5) is 22.7. The van der Waals surface area contributed by atoms with Crippen LogP contribution in [0.15, 0.2) is 47.6 Å². The maximum atomic E-state index is 12.4. The molecule has 1 amide bonds. The minimum atomic E-state index is -0.0142. The molecule has 0 radical (unpaired) electrons. The SMILES string of the molecule is CC(C)N=C(N)c1ccc(N2Cc3ccccc3C2=O)nc1. The lowest BCUT2D eigenvalue weighted by atomic mass is 10.1. The quantitative estimate of drug-likeness (QED) is 0.697. The van der Waals surface area contributed by atoms with Crippen molar-refractivity contribution in [3.63, 3.8) is 0 Å². The third-order valence-corrected chi connectivity index (χ3v) is 3.54. The highest BCUT2D eigenvalue weighted by atomic mass is 16.2. The van der Waals surface area contributed by atoms with Gasteiger partial charge in [0, 0.05) is 23.4 Å². The molecule has 0 spiro atoms. The predicted molar refractivity (Wildman–Crippen MR) is 87.1 cm³/mol. The van der Waals surface area contributed by atoms with E-state index in [2.05, 4.69) is 9.98 Å². The van der Waals surface area contributed by atoms with Crippen LogP contribution in [0.1, 0.15) is 35.3 Å². The first kappa shape index (κ1) is 14.3. The molecule has 1 aliphatic heterocycles. The third-order valence-electron chi connectivity index (χ3n) is 3.54. The standard InChI is InChI=1S/C17H18N4O/c1-11(2)20-16(18)12-7-8-15(19-9-12)21-10-13-5-3-4-6-14(13)17(21)22/h3-9,11H,10H2,1-2H3,(H2,18,20). The largest absolute Gasteiger partial charge is 0.383 e. The van der Waals surface area contributed by atoms with Crippen LogP contribution in [0.4, 0.5) is 5.82 Å². The highest BCUT2D eigenvalue weighted by Gasteiger charge is 2.28. The smallest absolute Gasteiger partial charge is 0.260 e. The van der Waals surface area contributed by atoms with E-state index < -0.39 is 0 Å². The number of amides is 1. The summed E-state index contributed by atoms with van der Waals surface area (Å²) in [5, 5.41) is 0. The van der Waals surface area contributed by atoms with Crippen LogP contribution >= 0.6 is 0 Å². The number of nitrogens with two attached hydrogens (primary N) is 1. The molecule has 2 N–H and O–H groups in total. The summed E-state index contributed by atoms with van der Waals surface area (Å²) >= 11 is 0. The second-order valence-corrected chi connectivity index (χ2v) is 5.56. The second kappa shape index (κ2) is 5.60. The lowest BCUT2D eigenvalue weighted by Crippen LogP contribution is -2.24. The van der Waals surface area contributed by atoms with Gasteiger partial charge in [-0.25, -0.2) is 4.98 Å². The minimum Gasteiger partial charge on any atom is -0.383 e. The monoisotopic (exact) mass is 294 g/mol. The number of anilines is 1. The Morgan fingerprint density at radius 2 is 2.05 bits per heavy atom. The highest BCUT2D eigenvalue weighted by molar-refractivity contribution is 6.09. The van der Waals surface area contributed by atoms with Crippen molar-refractivity contribution in [2.24, 2.45) is 10.7 Å². The van der Waals surface area contributed by atoms with Crippen molar-refractivity contribution in [1.82, 2.24) is 4.98 Å². The van der Waals surface area contributed by atoms with Crippen LogP contribution in [0.25, 0.3) is 0 Å². The van der Waals surface area contributed by atoms with Crippen LogP contribution in [-0.4, -0.2) is 22.8 Å². The maximum absolute atomic E-state index is 12.4. The topological polar surface area (TPSA) is 71.6 Å². The normalized spacial score (nSPS) is 14.6. The fourth-order valence-electron chi connectivity index (χ4n) is 2.49. The van der Waals surface area contributed by atoms with Crippen molar-refractivity contribution in [3.05, 3.63) is 59.3 Å². The minimum absolute atomic E-state index is 0.0142. The van der Waals surface area contributed by atoms with Crippen LogP contribution in [0.5, 0.6) is 0 Å². The first-order valence-corrected chi connectivity index (χ1v) is 7.25. The van der Waals surface area contributed by atoms with Gasteiger partial charge in [0.25, 0.3) is 5.91 Å². The molecule has 1 aromatic heterocycles. The van der Waals surface area contributed by atoms with Gasteiger partial charge in [0.15, 0.2) is 0 Å². The van der Waals surface area contributed by atoms with Crippen molar-refractivity contribution >= 4 is 17.6 Å². The van der Waals surface area contributed by atoms with E-state index in [4.69, 9.17) is 5.73 Å². The van der Waals surface area contributed by atoms with E-state index in [0.717, 1.165) is 16.7 Å². The molecule has 3 rings (SSSR count). The number of nitrogens with zero attached hydrogens (tertiary/aromatic N) is 3. The molecule has 2 heterocycles. The van der Waals surface area contributed by atoms with Crippen LogP contribution < -0.4 is 10.6 Å². The number of benzene rings is 1. The molecule has 0 bridgehead atoms. The number of hydrogen-bond donors (Lipinski definition) is 1. The van der Waals surface area contributed by atoms with E-state index in [1.807, 2.05) is 50.2 Å². The summed E-state index contributed by atoms with van der Waals surface area (Å²) in [6.07, 6.45) is 1.66. The van der Waals surface area contributed by atoms with Gasteiger partial charge in [0.2, 0.25) is 0 Å². The summed E-state index contributed by atoms with van der Waals surface area (Å²) in [6, 6.07) is 11.4. The summed E-state index contributed by atoms with van der Waals surface area (Å²) in [6.45, 7) is 4.49. The summed E-state index contributed by atoms with van der Waals surface area (Å²) in [5.41, 5.74) is 8.46. The average Bonchev–Trinajstić information content (AvgIpc) is 2.84. The number of pyridine rings is 1. The van der Waals surface area contributed by atoms with Crippen molar-refractivity contribution < 1.29 is 4.79 Å². The first-order chi connectivity index (χ1) is 10.6. The Morgan fingerprint density at radius 1 is 1.27 bits per heavy atom. The van der Waals surface area contributed by atoms with E-state index in [0.29, 0.717) is 18.2 Å². The molecule has 0 saturated heterocycles. The zero-order chi connectivity index (χ0) is 15.7. The Bertz CT molecular complexity index is 735. The van der Waals surface area contributed by atoms with Crippen molar-refractivity contribution in [2.75, 3.05) is 4.90 Å². The van der Waals surface area contributed by atoms with Gasteiger partial charge in [-0.15, -0.1) is 0 Å². The summed E-state index contributed by atoms with van der Waals surface area (Å²) < 4.78 is 0. The van der Waals surface area contributed by atoms with Crippen LogP contribution in [0, 0.1) is 0 Å². The zero-order valence-electron chi connectivity index (χ0n) is 12.7. The van der Waals surface area contributed by atoms with Crippen molar-refractivity contribution in [3.8, 4) is 0 Å². The fraction of sp³-hybridized carbons (Fsp3) is 0.235. The predicted octanol–water partition coefficient (Wildman–Crippen LogP) is 2.36. The molecule has 0 saturated carbocycles. The Kier molecular flexibility index (Phi) is 3.63. The molecule has 1 aliphatic rings. The number of rotatable bonds is 3. The Morgan fingerprint density at radius 3 is 2.68 bits per heavy atom. The zero-order valence-corrected chi connectivity index (χ0v) is 12.7. The van der Waals surface area contributed by atoms with E-state index in [1.54, 1.807) is 11.1 Å². The third kappa shape index (κ3) is 2.57. The highest BCUT2D eigenvalue weighted by Crippen LogP contribution is 2.26. The Labute approximate surface area is 129 Å². The van der Waals surface area contributed by atoms with Crippen LogP contribution in [0.2, 0.25) is 0 Å². The van der Waals surface area contributed by atoms with E-state index in [-0.39, 0.29) is 11.9 Å². The molecule has 0 fully saturated rings. The van der Waals surface area contributed by atoms with Gasteiger partial charge in [-0.05, 0) is 37.6 Å². The molecule has 5 nitrogen and oxygen atoms in total. The molecular weight excluding hydrogens is 276 g/mol. The number of amidine groups is 1. The molecule has 0 unspecified atom stereocenters. The first-order valence-electron chi connectivity index (χ1n) is 7.25. The summed E-state index contributed by atoms with van der Waals surface area (Å²) in [7, 11) is 0. The average molecular weight is 294 g/mol. The van der Waals surface area contributed by atoms with Crippen LogP contribution in [-0.2, 0) is 6.54 Å². The molecule has 112 valence electrons. The lowest BCUT2D eigenvalue weighted by molar-refractivity contribution is 0.0996. The molecule has 0 atom stereocenters. The molecule has 2 aromatic rings. The van der Waals surface area contributed by atoms with E-state index >= 15 is 0 Å². The molecule has 0 aliphatic carbocycles. The van der Waals surface area contributed by atoms with Crippen molar-refractivity contribution in [2.45, 2.75) is 26.4 Å². The van der Waals surface area contributed by atoms with Gasteiger partial charge in [-0.3, -0.25) is 14.7 Å². The number of hydrogen-bond acceptors (Lipinski definition) is 3. The van der Waals surface area contributed by atoms with Gasteiger partial charge in [-0.2, -0.15) is 0 Å². The number of fused-ring (bicyclic) bond motifs is 1. The van der Waals surface area contributed by atoms with Gasteiger partial charge in [0.05, 0.1) is 6.54 Å². The van der Waals surface area contributed by atoms with Gasteiger partial charge < -0.3 is 5.73 Å². The van der Waals surface area contributed by atoms with Crippen LogP contribution in [0.3, 0.4) is 0 Å². The van der Waals surface area contributed by atoms with Gasteiger partial charge in [0.1, 0.15) is 11.7 Å². The van der Waals surface area contributed by atoms with Gasteiger partial charge in [-0.1, -0.05) is 18.2 Å². The van der Waals surface area contributed by atoms with E-state index in [9.17, 15) is 4.79 Å². The Balaban J connectivity index is 1.85. The molecular formula is C17H18N4O. The number of aliphatic imine (C=N–C) groups is 1. The second-order valence-electron chi connectivity index (χ2n) is 5.56. The number of carbonyl (C=O) groups is 1. The number of aromatic nitrogens is 1. The molecule has 22 heavy (non-hydrogen) atoms.